The van der Waals surface area contributed by atoms with E-state index in [2.05, 4.69) is 56.3 Å². The molecule has 0 radical (unpaired) electrons. The van der Waals surface area contributed by atoms with Gasteiger partial charge in [0.1, 0.15) is 0 Å². The first-order valence-electron chi connectivity index (χ1n) is 12.7. The maximum absolute atomic E-state index is 6.71. The summed E-state index contributed by atoms with van der Waals surface area (Å²) in [5, 5.41) is 1.34. The van der Waals surface area contributed by atoms with Crippen LogP contribution in [0.4, 0.5) is 0 Å². The molecule has 0 aliphatic carbocycles. The van der Waals surface area contributed by atoms with Crippen molar-refractivity contribution in [1.82, 2.24) is 0 Å². The first-order chi connectivity index (χ1) is 16.1. The summed E-state index contributed by atoms with van der Waals surface area (Å²) < 4.78 is 0. The van der Waals surface area contributed by atoms with Crippen molar-refractivity contribution in [3.8, 4) is 35.5 Å². The van der Waals surface area contributed by atoms with Gasteiger partial charge in [-0.1, -0.05) is 149 Å². The van der Waals surface area contributed by atoms with Crippen LogP contribution < -0.4 is 0 Å². The van der Waals surface area contributed by atoms with Gasteiger partial charge in [0.25, 0.3) is 0 Å². The monoisotopic (exact) mass is 504 g/mol. The van der Waals surface area contributed by atoms with E-state index in [0.29, 0.717) is 31.8 Å². The fourth-order valence-corrected chi connectivity index (χ4v) is 4.36. The second-order valence-electron chi connectivity index (χ2n) is 8.40. The van der Waals surface area contributed by atoms with Crippen molar-refractivity contribution in [2.75, 3.05) is 0 Å². The number of unbranched alkanes of at least 4 members (excludes halogenated alkanes) is 12. The highest BCUT2D eigenvalue weighted by Crippen LogP contribution is 2.37. The lowest BCUT2D eigenvalue weighted by atomic mass is 10.0. The molecule has 0 aromatic heterocycles. The van der Waals surface area contributed by atoms with E-state index in [4.69, 9.17) is 34.8 Å². The topological polar surface area (TPSA) is 0 Å². The first-order valence-corrected chi connectivity index (χ1v) is 13.9. The number of hydrogen-bond acceptors (Lipinski definition) is 0. The molecule has 0 amide bonds. The molecule has 0 nitrogen and oxygen atoms in total. The summed E-state index contributed by atoms with van der Waals surface area (Å²) in [4.78, 5) is 0. The third kappa shape index (κ3) is 11.6. The van der Waals surface area contributed by atoms with E-state index < -0.39 is 0 Å². The lowest BCUT2D eigenvalue weighted by molar-refractivity contribution is 0.679. The average Bonchev–Trinajstić information content (AvgIpc) is 2.81. The first kappa shape index (κ1) is 29.8. The number of benzene rings is 1. The third-order valence-corrected chi connectivity index (χ3v) is 6.56. The highest BCUT2D eigenvalue weighted by atomic mass is 35.5. The summed E-state index contributed by atoms with van der Waals surface area (Å²) in [6.07, 6.45) is 16.6. The van der Waals surface area contributed by atoms with Crippen LogP contribution in [0.25, 0.3) is 0 Å². The molecular formula is C30H39Cl3. The van der Waals surface area contributed by atoms with Crippen molar-refractivity contribution in [2.24, 2.45) is 0 Å². The van der Waals surface area contributed by atoms with Crippen LogP contribution in [-0.4, -0.2) is 0 Å². The van der Waals surface area contributed by atoms with Gasteiger partial charge >= 0.3 is 0 Å². The third-order valence-electron chi connectivity index (χ3n) is 5.42. The Morgan fingerprint density at radius 2 is 0.697 bits per heavy atom. The minimum absolute atomic E-state index is 0.445. The predicted octanol–water partition coefficient (Wildman–Crippen LogP) is 10.6. The highest BCUT2D eigenvalue weighted by molar-refractivity contribution is 6.42. The Morgan fingerprint density at radius 1 is 0.424 bits per heavy atom. The van der Waals surface area contributed by atoms with Crippen LogP contribution in [-0.2, 0) is 0 Å². The molecule has 0 heterocycles. The molecule has 1 rings (SSSR count). The summed E-state index contributed by atoms with van der Waals surface area (Å²) in [5.41, 5.74) is 1.80. The van der Waals surface area contributed by atoms with Crippen LogP contribution in [0.2, 0.25) is 15.1 Å². The maximum Gasteiger partial charge on any atom is 0.0750 e. The van der Waals surface area contributed by atoms with E-state index in [-0.39, 0.29) is 0 Å². The van der Waals surface area contributed by atoms with Crippen LogP contribution in [0, 0.1) is 35.5 Å². The lowest BCUT2D eigenvalue weighted by Gasteiger charge is -2.09. The minimum Gasteiger partial charge on any atom is -0.0978 e. The fourth-order valence-electron chi connectivity index (χ4n) is 3.37. The zero-order valence-corrected chi connectivity index (χ0v) is 23.0. The smallest absolute Gasteiger partial charge is 0.0750 e. The molecule has 0 saturated carbocycles. The SMILES string of the molecule is CCCCCCC#Cc1c(Cl)c(C#CCCCCCC)c(Cl)c(C#CCCCCCC)c1Cl. The Labute approximate surface area is 218 Å². The van der Waals surface area contributed by atoms with Crippen LogP contribution in [0.1, 0.15) is 134 Å². The standard InChI is InChI=1S/C30H39Cl3/c1-4-7-10-13-16-19-22-25-28(31)26(23-20-17-14-11-8-5-2)30(33)27(29(25)32)24-21-18-15-12-9-6-3/h4-18H2,1-3H3. The molecule has 0 fully saturated rings. The number of rotatable bonds is 12. The van der Waals surface area contributed by atoms with Crippen molar-refractivity contribution in [3.63, 3.8) is 0 Å². The molecule has 1 aromatic rings. The van der Waals surface area contributed by atoms with E-state index in [1.807, 2.05) is 0 Å². The molecular weight excluding hydrogens is 467 g/mol. The van der Waals surface area contributed by atoms with E-state index in [1.165, 1.54) is 57.8 Å². The lowest BCUT2D eigenvalue weighted by Crippen LogP contribution is -1.94. The van der Waals surface area contributed by atoms with Gasteiger partial charge in [-0.2, -0.15) is 0 Å². The van der Waals surface area contributed by atoms with E-state index >= 15 is 0 Å². The summed E-state index contributed by atoms with van der Waals surface area (Å²) in [6, 6.07) is 0. The van der Waals surface area contributed by atoms with Crippen LogP contribution in [0.3, 0.4) is 0 Å². The van der Waals surface area contributed by atoms with Crippen molar-refractivity contribution in [3.05, 3.63) is 31.8 Å². The van der Waals surface area contributed by atoms with Crippen molar-refractivity contribution >= 4 is 34.8 Å². The van der Waals surface area contributed by atoms with Gasteiger partial charge in [-0.25, -0.2) is 0 Å². The predicted molar refractivity (Wildman–Crippen MR) is 148 cm³/mol. The molecule has 0 bridgehead atoms. The molecule has 180 valence electrons. The molecule has 0 aliphatic rings. The highest BCUT2D eigenvalue weighted by Gasteiger charge is 2.18. The van der Waals surface area contributed by atoms with Crippen molar-refractivity contribution in [1.29, 1.82) is 0 Å². The number of halogens is 3. The Kier molecular flexibility index (Phi) is 17.3. The molecule has 0 aliphatic heterocycles. The summed E-state index contributed by atoms with van der Waals surface area (Å²) >= 11 is 20.1. The second kappa shape index (κ2) is 19.1. The normalized spacial score (nSPS) is 10.0. The molecule has 33 heavy (non-hydrogen) atoms. The Bertz CT molecular complexity index is 754. The van der Waals surface area contributed by atoms with Crippen LogP contribution >= 0.6 is 34.8 Å². The van der Waals surface area contributed by atoms with Gasteiger partial charge in [0.05, 0.1) is 31.8 Å². The Morgan fingerprint density at radius 3 is 0.939 bits per heavy atom. The molecule has 0 saturated heterocycles. The van der Waals surface area contributed by atoms with Gasteiger partial charge in [-0.05, 0) is 19.3 Å². The molecule has 0 unspecified atom stereocenters. The molecule has 0 N–H and O–H groups in total. The van der Waals surface area contributed by atoms with Gasteiger partial charge in [-0.15, -0.1) is 0 Å². The minimum atomic E-state index is 0.445. The van der Waals surface area contributed by atoms with E-state index in [9.17, 15) is 0 Å². The van der Waals surface area contributed by atoms with Crippen LogP contribution in [0.5, 0.6) is 0 Å². The molecule has 0 atom stereocenters. The van der Waals surface area contributed by atoms with Gasteiger partial charge < -0.3 is 0 Å². The zero-order valence-electron chi connectivity index (χ0n) is 20.7. The van der Waals surface area contributed by atoms with Crippen molar-refractivity contribution in [2.45, 2.75) is 117 Å². The quantitative estimate of drug-likeness (QED) is 0.196. The van der Waals surface area contributed by atoms with E-state index in [0.717, 1.165) is 38.5 Å². The van der Waals surface area contributed by atoms with Gasteiger partial charge in [0, 0.05) is 19.3 Å². The molecule has 3 heteroatoms. The maximum atomic E-state index is 6.71. The van der Waals surface area contributed by atoms with Gasteiger partial charge in [-0.3, -0.25) is 0 Å². The largest absolute Gasteiger partial charge is 0.0978 e. The average molecular weight is 506 g/mol. The fraction of sp³-hybridized carbons (Fsp3) is 0.600. The number of hydrogen-bond donors (Lipinski definition) is 0. The zero-order chi connectivity index (χ0) is 24.3. The Hall–Kier alpha value is -1.23. The summed E-state index contributed by atoms with van der Waals surface area (Å²) in [5.74, 6) is 19.3. The van der Waals surface area contributed by atoms with E-state index in [1.54, 1.807) is 0 Å². The molecule has 1 aromatic carbocycles. The van der Waals surface area contributed by atoms with Gasteiger partial charge in [0.2, 0.25) is 0 Å². The summed E-state index contributed by atoms with van der Waals surface area (Å²) in [7, 11) is 0. The summed E-state index contributed by atoms with van der Waals surface area (Å²) in [6.45, 7) is 6.62. The van der Waals surface area contributed by atoms with Crippen molar-refractivity contribution < 1.29 is 0 Å². The second-order valence-corrected chi connectivity index (χ2v) is 9.54. The Balaban J connectivity index is 3.19. The molecule has 0 spiro atoms. The van der Waals surface area contributed by atoms with Crippen LogP contribution in [0.15, 0.2) is 0 Å². The van der Waals surface area contributed by atoms with Gasteiger partial charge in [0.15, 0.2) is 0 Å².